The van der Waals surface area contributed by atoms with Crippen LogP contribution in [0.25, 0.3) is 0 Å². The highest BCUT2D eigenvalue weighted by molar-refractivity contribution is 5.79. The van der Waals surface area contributed by atoms with E-state index in [-0.39, 0.29) is 11.8 Å². The molecule has 7 heteroatoms. The van der Waals surface area contributed by atoms with Gasteiger partial charge in [0.25, 0.3) is 0 Å². The Labute approximate surface area is 167 Å². The van der Waals surface area contributed by atoms with E-state index in [0.29, 0.717) is 37.1 Å². The van der Waals surface area contributed by atoms with Gasteiger partial charge in [-0.05, 0) is 61.7 Å². The number of carbonyl (C=O) groups excluding carboxylic acids is 2. The number of hydrogen-bond acceptors (Lipinski definition) is 3. The number of piperidine rings is 1. The molecule has 2 aromatic rings. The first-order valence-corrected chi connectivity index (χ1v) is 9.55. The van der Waals surface area contributed by atoms with Crippen molar-refractivity contribution >= 4 is 17.9 Å². The lowest BCUT2D eigenvalue weighted by Crippen LogP contribution is -2.41. The number of benzene rings is 2. The summed E-state index contributed by atoms with van der Waals surface area (Å²) in [5, 5.41) is 2.85. The highest BCUT2D eigenvalue weighted by Gasteiger charge is 2.31. The molecule has 0 radical (unpaired) electrons. The van der Waals surface area contributed by atoms with Gasteiger partial charge in [-0.2, -0.15) is 13.2 Å². The lowest BCUT2D eigenvalue weighted by Gasteiger charge is -2.33. The molecule has 0 unspecified atom stereocenters. The number of halogens is 3. The van der Waals surface area contributed by atoms with Crippen molar-refractivity contribution in [1.29, 1.82) is 0 Å². The van der Waals surface area contributed by atoms with Crippen LogP contribution in [0.3, 0.4) is 0 Å². The summed E-state index contributed by atoms with van der Waals surface area (Å²) >= 11 is 0. The fourth-order valence-electron chi connectivity index (χ4n) is 3.56. The van der Waals surface area contributed by atoms with Gasteiger partial charge in [-0.3, -0.25) is 9.59 Å². The van der Waals surface area contributed by atoms with Crippen LogP contribution in [0.1, 0.15) is 47.3 Å². The Kier molecular flexibility index (Phi) is 6.25. The number of hydrogen-bond donors (Lipinski definition) is 1. The SMILES string of the molecule is C[C@H](NC(=O)C1CCN(c2ccc(C=O)cc2)CC1)c1cccc(C(F)(F)F)c1. The number of carbonyl (C=O) groups is 2. The zero-order chi connectivity index (χ0) is 21.0. The molecule has 1 saturated heterocycles. The third-order valence-electron chi connectivity index (χ3n) is 5.33. The second-order valence-corrected chi connectivity index (χ2v) is 7.32. The minimum atomic E-state index is -4.41. The van der Waals surface area contributed by atoms with E-state index in [9.17, 15) is 22.8 Å². The normalized spacial score (nSPS) is 16.3. The maximum Gasteiger partial charge on any atom is 0.416 e. The Balaban J connectivity index is 1.56. The molecule has 154 valence electrons. The quantitative estimate of drug-likeness (QED) is 0.741. The summed E-state index contributed by atoms with van der Waals surface area (Å²) < 4.78 is 38.7. The van der Waals surface area contributed by atoms with Crippen molar-refractivity contribution in [3.05, 3.63) is 65.2 Å². The van der Waals surface area contributed by atoms with E-state index in [2.05, 4.69) is 10.2 Å². The van der Waals surface area contributed by atoms with Gasteiger partial charge >= 0.3 is 6.18 Å². The van der Waals surface area contributed by atoms with Crippen molar-refractivity contribution in [2.45, 2.75) is 32.0 Å². The summed E-state index contributed by atoms with van der Waals surface area (Å²) in [6.07, 6.45) is -2.28. The molecule has 0 aromatic heterocycles. The van der Waals surface area contributed by atoms with E-state index in [0.717, 1.165) is 24.1 Å². The van der Waals surface area contributed by atoms with Crippen molar-refractivity contribution in [2.75, 3.05) is 18.0 Å². The van der Waals surface area contributed by atoms with Crippen molar-refractivity contribution < 1.29 is 22.8 Å². The molecule has 1 N–H and O–H groups in total. The van der Waals surface area contributed by atoms with Crippen LogP contribution in [0.2, 0.25) is 0 Å². The maximum absolute atomic E-state index is 12.9. The first-order valence-electron chi connectivity index (χ1n) is 9.55. The fourth-order valence-corrected chi connectivity index (χ4v) is 3.56. The molecule has 1 atom stereocenters. The first-order chi connectivity index (χ1) is 13.8. The summed E-state index contributed by atoms with van der Waals surface area (Å²) in [7, 11) is 0. The van der Waals surface area contributed by atoms with Gasteiger partial charge in [0, 0.05) is 30.3 Å². The van der Waals surface area contributed by atoms with Crippen molar-refractivity contribution in [1.82, 2.24) is 5.32 Å². The van der Waals surface area contributed by atoms with Crippen LogP contribution in [0, 0.1) is 5.92 Å². The number of alkyl halides is 3. The molecule has 3 rings (SSSR count). The number of rotatable bonds is 5. The van der Waals surface area contributed by atoms with E-state index in [1.807, 2.05) is 12.1 Å². The van der Waals surface area contributed by atoms with Gasteiger partial charge in [0.2, 0.25) is 5.91 Å². The maximum atomic E-state index is 12.9. The third kappa shape index (κ3) is 5.16. The molecule has 1 heterocycles. The predicted octanol–water partition coefficient (Wildman–Crippen LogP) is 4.61. The van der Waals surface area contributed by atoms with Gasteiger partial charge in [-0.25, -0.2) is 0 Å². The second kappa shape index (κ2) is 8.68. The molecule has 0 saturated carbocycles. The molecule has 0 spiro atoms. The average molecular weight is 404 g/mol. The Morgan fingerprint density at radius 1 is 1.14 bits per heavy atom. The van der Waals surface area contributed by atoms with Crippen LogP contribution in [0.15, 0.2) is 48.5 Å². The smallest absolute Gasteiger partial charge is 0.371 e. The molecule has 1 amide bonds. The summed E-state index contributed by atoms with van der Waals surface area (Å²) in [6, 6.07) is 11.8. The van der Waals surface area contributed by atoms with E-state index >= 15 is 0 Å². The number of aldehydes is 1. The van der Waals surface area contributed by atoms with Crippen LogP contribution in [-0.4, -0.2) is 25.3 Å². The summed E-state index contributed by atoms with van der Waals surface area (Å²) in [5.74, 6) is -0.306. The van der Waals surface area contributed by atoms with Gasteiger partial charge in [-0.1, -0.05) is 12.1 Å². The summed E-state index contributed by atoms with van der Waals surface area (Å²) in [5.41, 5.74) is 1.34. The third-order valence-corrected chi connectivity index (χ3v) is 5.33. The highest BCUT2D eigenvalue weighted by Crippen LogP contribution is 2.31. The Hall–Kier alpha value is -2.83. The van der Waals surface area contributed by atoms with E-state index in [4.69, 9.17) is 0 Å². The number of nitrogens with zero attached hydrogens (tertiary/aromatic N) is 1. The number of anilines is 1. The average Bonchev–Trinajstić information content (AvgIpc) is 2.73. The molecule has 1 aliphatic heterocycles. The van der Waals surface area contributed by atoms with Crippen molar-refractivity contribution in [3.8, 4) is 0 Å². The molecule has 1 aliphatic rings. The Morgan fingerprint density at radius 3 is 2.38 bits per heavy atom. The zero-order valence-electron chi connectivity index (χ0n) is 16.1. The van der Waals surface area contributed by atoms with Gasteiger partial charge in [-0.15, -0.1) is 0 Å². The minimum absolute atomic E-state index is 0.133. The predicted molar refractivity (Wildman–Crippen MR) is 105 cm³/mol. The van der Waals surface area contributed by atoms with E-state index < -0.39 is 17.8 Å². The number of nitrogens with one attached hydrogen (secondary N) is 1. The molecule has 1 fully saturated rings. The largest absolute Gasteiger partial charge is 0.416 e. The first kappa shape index (κ1) is 20.9. The lowest BCUT2D eigenvalue weighted by molar-refractivity contribution is -0.137. The zero-order valence-corrected chi connectivity index (χ0v) is 16.1. The van der Waals surface area contributed by atoms with Gasteiger partial charge in [0.05, 0.1) is 11.6 Å². The van der Waals surface area contributed by atoms with Crippen LogP contribution in [0.5, 0.6) is 0 Å². The Morgan fingerprint density at radius 2 is 1.79 bits per heavy atom. The van der Waals surface area contributed by atoms with Crippen LogP contribution >= 0.6 is 0 Å². The Bertz CT molecular complexity index is 857. The molecular weight excluding hydrogens is 381 g/mol. The molecular formula is C22H23F3N2O2. The van der Waals surface area contributed by atoms with E-state index in [1.54, 1.807) is 25.1 Å². The summed E-state index contributed by atoms with van der Waals surface area (Å²) in [6.45, 7) is 3.10. The van der Waals surface area contributed by atoms with Crippen LogP contribution < -0.4 is 10.2 Å². The second-order valence-electron chi connectivity index (χ2n) is 7.32. The number of amides is 1. The van der Waals surface area contributed by atoms with Crippen molar-refractivity contribution in [3.63, 3.8) is 0 Å². The van der Waals surface area contributed by atoms with E-state index in [1.165, 1.54) is 6.07 Å². The lowest BCUT2D eigenvalue weighted by atomic mass is 9.94. The van der Waals surface area contributed by atoms with Gasteiger partial charge in [0.15, 0.2) is 0 Å². The summed E-state index contributed by atoms with van der Waals surface area (Å²) in [4.78, 5) is 25.5. The van der Waals surface area contributed by atoms with Crippen LogP contribution in [0.4, 0.5) is 18.9 Å². The van der Waals surface area contributed by atoms with Crippen LogP contribution in [-0.2, 0) is 11.0 Å². The van der Waals surface area contributed by atoms with Gasteiger partial charge < -0.3 is 10.2 Å². The fraction of sp³-hybridized carbons (Fsp3) is 0.364. The van der Waals surface area contributed by atoms with Gasteiger partial charge in [0.1, 0.15) is 6.29 Å². The monoisotopic (exact) mass is 404 g/mol. The highest BCUT2D eigenvalue weighted by atomic mass is 19.4. The standard InChI is InChI=1S/C22H23F3N2O2/c1-15(18-3-2-4-19(13-18)22(23,24)25)26-21(29)17-9-11-27(12-10-17)20-7-5-16(14-28)6-8-20/h2-8,13-15,17H,9-12H2,1H3,(H,26,29)/t15-/m0/s1. The molecule has 0 bridgehead atoms. The van der Waals surface area contributed by atoms with Crippen molar-refractivity contribution in [2.24, 2.45) is 5.92 Å². The molecule has 2 aromatic carbocycles. The molecule has 4 nitrogen and oxygen atoms in total. The molecule has 0 aliphatic carbocycles. The molecule has 29 heavy (non-hydrogen) atoms. The minimum Gasteiger partial charge on any atom is -0.371 e. The topological polar surface area (TPSA) is 49.4 Å².